The summed E-state index contributed by atoms with van der Waals surface area (Å²) >= 11 is 0. The summed E-state index contributed by atoms with van der Waals surface area (Å²) in [6.45, 7) is 4.51. The molecule has 124 valence electrons. The van der Waals surface area contributed by atoms with E-state index in [1.807, 2.05) is 0 Å². The molecular weight excluding hydrogens is 294 g/mol. The van der Waals surface area contributed by atoms with E-state index in [1.54, 1.807) is 13.8 Å². The van der Waals surface area contributed by atoms with E-state index in [0.717, 1.165) is 4.90 Å². The third kappa shape index (κ3) is 2.68. The van der Waals surface area contributed by atoms with E-state index in [9.17, 15) is 14.4 Å². The Balaban J connectivity index is 2.26. The maximum atomic E-state index is 12.7. The van der Waals surface area contributed by atoms with Crippen LogP contribution in [0.3, 0.4) is 0 Å². The molecule has 1 heterocycles. The Labute approximate surface area is 128 Å². The van der Waals surface area contributed by atoms with Gasteiger partial charge in [-0.3, -0.25) is 9.59 Å². The van der Waals surface area contributed by atoms with Crippen LogP contribution in [0.5, 0.6) is 0 Å². The Hall–Kier alpha value is -1.67. The quantitative estimate of drug-likeness (QED) is 0.522. The summed E-state index contributed by atoms with van der Waals surface area (Å²) in [5, 5.41) is 0. The van der Waals surface area contributed by atoms with Crippen molar-refractivity contribution in [3.63, 3.8) is 0 Å². The molecule has 2 fully saturated rings. The number of carbonyl (C=O) groups excluding carboxylic acids is 3. The van der Waals surface area contributed by atoms with Gasteiger partial charge in [-0.15, -0.1) is 0 Å². The molecule has 1 saturated heterocycles. The van der Waals surface area contributed by atoms with Gasteiger partial charge in [-0.2, -0.15) is 0 Å². The van der Waals surface area contributed by atoms with Crippen LogP contribution in [0.1, 0.15) is 20.3 Å². The highest BCUT2D eigenvalue weighted by atomic mass is 16.7. The second-order valence-corrected chi connectivity index (χ2v) is 5.09. The monoisotopic (exact) mass is 315 g/mol. The molecule has 0 aromatic heterocycles. The van der Waals surface area contributed by atoms with Crippen LogP contribution >= 0.6 is 0 Å². The normalized spacial score (nSPS) is 26.3. The average molecular weight is 315 g/mol. The van der Waals surface area contributed by atoms with Gasteiger partial charge in [-0.1, -0.05) is 0 Å². The molecule has 1 aliphatic carbocycles. The lowest BCUT2D eigenvalue weighted by Gasteiger charge is -2.51. The van der Waals surface area contributed by atoms with Gasteiger partial charge < -0.3 is 18.9 Å². The van der Waals surface area contributed by atoms with E-state index >= 15 is 0 Å². The zero-order valence-corrected chi connectivity index (χ0v) is 13.0. The van der Waals surface area contributed by atoms with Crippen LogP contribution < -0.4 is 0 Å². The number of esters is 1. The van der Waals surface area contributed by atoms with E-state index < -0.39 is 35.6 Å². The minimum atomic E-state index is -1.19. The van der Waals surface area contributed by atoms with E-state index in [2.05, 4.69) is 0 Å². The number of hydrogen-bond acceptors (Lipinski definition) is 7. The predicted molar refractivity (Wildman–Crippen MR) is 72.7 cm³/mol. The molecule has 2 atom stereocenters. The van der Waals surface area contributed by atoms with Gasteiger partial charge in [0.1, 0.15) is 12.5 Å². The zero-order chi connectivity index (χ0) is 16.3. The number of imide groups is 1. The van der Waals surface area contributed by atoms with Gasteiger partial charge in [0.25, 0.3) is 0 Å². The summed E-state index contributed by atoms with van der Waals surface area (Å²) in [7, 11) is 1.26. The minimum absolute atomic E-state index is 0.149. The van der Waals surface area contributed by atoms with Crippen LogP contribution in [0.15, 0.2) is 0 Å². The Morgan fingerprint density at radius 3 is 2.41 bits per heavy atom. The molecule has 22 heavy (non-hydrogen) atoms. The molecule has 0 aromatic carbocycles. The molecule has 2 amide bonds. The number of nitrogens with zero attached hydrogens (tertiary/aromatic N) is 1. The SMILES string of the molecule is CCOC1(OCC)CC(C(=O)OC)C1C(=O)N1CCOC1=O. The molecule has 2 rings (SSSR count). The number of methoxy groups -OCH3 is 1. The topological polar surface area (TPSA) is 91.4 Å². The number of hydrogen-bond donors (Lipinski definition) is 0. The molecule has 2 aliphatic rings. The molecule has 0 radical (unpaired) electrons. The van der Waals surface area contributed by atoms with Crippen LogP contribution in [-0.4, -0.2) is 62.1 Å². The third-order valence-electron chi connectivity index (χ3n) is 3.95. The first-order valence-electron chi connectivity index (χ1n) is 7.34. The third-order valence-corrected chi connectivity index (χ3v) is 3.95. The molecule has 0 bridgehead atoms. The number of cyclic esters (lactones) is 1. The molecule has 8 heteroatoms. The maximum Gasteiger partial charge on any atom is 0.416 e. The van der Waals surface area contributed by atoms with E-state index in [0.29, 0.717) is 13.2 Å². The molecule has 0 aromatic rings. The van der Waals surface area contributed by atoms with Crippen molar-refractivity contribution in [3.05, 3.63) is 0 Å². The Morgan fingerprint density at radius 1 is 1.32 bits per heavy atom. The van der Waals surface area contributed by atoms with Crippen molar-refractivity contribution < 1.29 is 33.3 Å². The standard InChI is InChI=1S/C14H21NO7/c1-4-21-14(22-5-2)8-9(12(17)19-3)10(14)11(16)15-6-7-20-13(15)18/h9-10H,4-8H2,1-3H3. The number of amides is 2. The van der Waals surface area contributed by atoms with Gasteiger partial charge in [0.05, 0.1) is 19.6 Å². The first-order valence-corrected chi connectivity index (χ1v) is 7.34. The molecule has 8 nitrogen and oxygen atoms in total. The molecule has 2 unspecified atom stereocenters. The summed E-state index contributed by atoms with van der Waals surface area (Å²) in [5.41, 5.74) is 0. The highest BCUT2D eigenvalue weighted by molar-refractivity contribution is 5.97. The van der Waals surface area contributed by atoms with E-state index in [4.69, 9.17) is 18.9 Å². The van der Waals surface area contributed by atoms with Gasteiger partial charge in [0.2, 0.25) is 5.91 Å². The minimum Gasteiger partial charge on any atom is -0.469 e. The van der Waals surface area contributed by atoms with Gasteiger partial charge in [-0.25, -0.2) is 9.69 Å². The summed E-state index contributed by atoms with van der Waals surface area (Å²) in [6, 6.07) is 0. The summed E-state index contributed by atoms with van der Waals surface area (Å²) < 4.78 is 20.8. The van der Waals surface area contributed by atoms with Crippen molar-refractivity contribution in [2.24, 2.45) is 11.8 Å². The van der Waals surface area contributed by atoms with Crippen molar-refractivity contribution in [2.45, 2.75) is 26.1 Å². The largest absolute Gasteiger partial charge is 0.469 e. The van der Waals surface area contributed by atoms with Gasteiger partial charge in [0, 0.05) is 19.6 Å². The number of ether oxygens (including phenoxy) is 4. The van der Waals surface area contributed by atoms with E-state index in [1.165, 1.54) is 7.11 Å². The summed E-state index contributed by atoms with van der Waals surface area (Å²) in [6.07, 6.45) is -0.483. The lowest BCUT2D eigenvalue weighted by molar-refractivity contribution is -0.319. The lowest BCUT2D eigenvalue weighted by atomic mass is 9.66. The van der Waals surface area contributed by atoms with Crippen LogP contribution in [0.4, 0.5) is 4.79 Å². The average Bonchev–Trinajstić information content (AvgIpc) is 2.90. The van der Waals surface area contributed by atoms with Crippen LogP contribution in [-0.2, 0) is 28.5 Å². The summed E-state index contributed by atoms with van der Waals surface area (Å²) in [5.74, 6) is -3.83. The van der Waals surface area contributed by atoms with Gasteiger partial charge >= 0.3 is 12.1 Å². The van der Waals surface area contributed by atoms with Crippen LogP contribution in [0, 0.1) is 11.8 Å². The van der Waals surface area contributed by atoms with Crippen LogP contribution in [0.25, 0.3) is 0 Å². The maximum absolute atomic E-state index is 12.7. The van der Waals surface area contributed by atoms with Gasteiger partial charge in [-0.05, 0) is 13.8 Å². The first kappa shape index (κ1) is 16.7. The predicted octanol–water partition coefficient (Wildman–Crippen LogP) is 0.544. The highest BCUT2D eigenvalue weighted by Crippen LogP contribution is 2.49. The van der Waals surface area contributed by atoms with E-state index in [-0.39, 0.29) is 19.6 Å². The Morgan fingerprint density at radius 2 is 1.95 bits per heavy atom. The number of rotatable bonds is 6. The van der Waals surface area contributed by atoms with Gasteiger partial charge in [0.15, 0.2) is 5.79 Å². The highest BCUT2D eigenvalue weighted by Gasteiger charge is 2.64. The zero-order valence-electron chi connectivity index (χ0n) is 13.0. The lowest BCUT2D eigenvalue weighted by Crippen LogP contribution is -2.65. The second kappa shape index (κ2) is 6.62. The Kier molecular flexibility index (Phi) is 5.02. The van der Waals surface area contributed by atoms with Crippen LogP contribution in [0.2, 0.25) is 0 Å². The van der Waals surface area contributed by atoms with Crippen molar-refractivity contribution in [3.8, 4) is 0 Å². The molecular formula is C14H21NO7. The summed E-state index contributed by atoms with van der Waals surface area (Å²) in [4.78, 5) is 37.2. The van der Waals surface area contributed by atoms with Crippen molar-refractivity contribution >= 4 is 18.0 Å². The molecule has 0 N–H and O–H groups in total. The van der Waals surface area contributed by atoms with Crippen molar-refractivity contribution in [2.75, 3.05) is 33.5 Å². The molecule has 1 aliphatic heterocycles. The first-order chi connectivity index (χ1) is 10.5. The Bertz CT molecular complexity index is 458. The van der Waals surface area contributed by atoms with Crippen molar-refractivity contribution in [1.82, 2.24) is 4.90 Å². The fraction of sp³-hybridized carbons (Fsp3) is 0.786. The number of carbonyl (C=O) groups is 3. The molecule has 0 spiro atoms. The smallest absolute Gasteiger partial charge is 0.416 e. The van der Waals surface area contributed by atoms with Crippen molar-refractivity contribution in [1.29, 1.82) is 0 Å². The molecule has 1 saturated carbocycles. The fourth-order valence-corrected chi connectivity index (χ4v) is 3.02. The second-order valence-electron chi connectivity index (χ2n) is 5.09. The fourth-order valence-electron chi connectivity index (χ4n) is 3.02.